The summed E-state index contributed by atoms with van der Waals surface area (Å²) in [5, 5.41) is 4.07. The van der Waals surface area contributed by atoms with E-state index in [9.17, 15) is 22.8 Å². The van der Waals surface area contributed by atoms with Crippen molar-refractivity contribution in [3.8, 4) is 0 Å². The normalized spacial score (nSPS) is 30.8. The molecule has 0 spiro atoms. The molecule has 1 amide bonds. The van der Waals surface area contributed by atoms with Crippen LogP contribution >= 0.6 is 0 Å². The summed E-state index contributed by atoms with van der Waals surface area (Å²) in [6, 6.07) is 9.50. The van der Waals surface area contributed by atoms with Crippen LogP contribution in [0.5, 0.6) is 0 Å². The van der Waals surface area contributed by atoms with Crippen LogP contribution in [0.25, 0.3) is 10.9 Å². The minimum Gasteiger partial charge on any atom is -0.370 e. The maximum Gasteiger partial charge on any atom is 0.392 e. The number of fused-ring (bicyclic) bond motifs is 1. The first kappa shape index (κ1) is 21.4. The molecule has 0 unspecified atom stereocenters. The number of rotatable bonds is 7. The second kappa shape index (κ2) is 7.27. The van der Waals surface area contributed by atoms with Gasteiger partial charge >= 0.3 is 6.18 Å². The number of aryl methyl sites for hydroxylation is 1. The number of aromatic nitrogens is 1. The molecule has 2 bridgehead atoms. The number of ketones is 1. The number of alkyl halides is 3. The van der Waals surface area contributed by atoms with Crippen LogP contribution in [-0.4, -0.2) is 41.1 Å². The molecule has 0 atom stereocenters. The zero-order valence-electron chi connectivity index (χ0n) is 17.8. The van der Waals surface area contributed by atoms with Crippen molar-refractivity contribution < 1.29 is 27.5 Å². The summed E-state index contributed by atoms with van der Waals surface area (Å²) in [5.41, 5.74) is 1.92. The number of benzene rings is 1. The SMILES string of the molecule is Cc1ccc2nc(C(=O)NC34CC(CC(=O)COC5CC(C(F)(F)F)C5)(C3)C4)ccc2c1. The number of carbonyl (C=O) groups excluding carboxylic acids is 2. The van der Waals surface area contributed by atoms with E-state index in [2.05, 4.69) is 10.3 Å². The van der Waals surface area contributed by atoms with E-state index in [1.807, 2.05) is 31.2 Å². The maximum atomic E-state index is 12.7. The molecule has 2 aromatic rings. The first-order valence-corrected chi connectivity index (χ1v) is 10.9. The zero-order valence-corrected chi connectivity index (χ0v) is 17.8. The number of amides is 1. The van der Waals surface area contributed by atoms with Crippen molar-refractivity contribution in [1.82, 2.24) is 10.3 Å². The first-order valence-electron chi connectivity index (χ1n) is 10.9. The summed E-state index contributed by atoms with van der Waals surface area (Å²) in [7, 11) is 0. The molecule has 0 saturated heterocycles. The third kappa shape index (κ3) is 3.89. The molecule has 1 aromatic carbocycles. The van der Waals surface area contributed by atoms with Gasteiger partial charge in [0, 0.05) is 17.3 Å². The smallest absolute Gasteiger partial charge is 0.370 e. The van der Waals surface area contributed by atoms with Crippen molar-refractivity contribution >= 4 is 22.6 Å². The Hall–Kier alpha value is -2.48. The second-order valence-electron chi connectivity index (χ2n) is 10.0. The molecule has 4 aliphatic carbocycles. The van der Waals surface area contributed by atoms with Gasteiger partial charge in [0.05, 0.1) is 17.5 Å². The molecule has 6 rings (SSSR count). The number of halogens is 3. The Morgan fingerprint density at radius 2 is 1.88 bits per heavy atom. The van der Waals surface area contributed by atoms with Gasteiger partial charge in [0.25, 0.3) is 5.91 Å². The van der Waals surface area contributed by atoms with Gasteiger partial charge in [-0.15, -0.1) is 0 Å². The van der Waals surface area contributed by atoms with Gasteiger partial charge in [0.15, 0.2) is 5.78 Å². The monoisotopic (exact) mass is 446 g/mol. The molecule has 0 radical (unpaired) electrons. The molecule has 1 N–H and O–H groups in total. The lowest BCUT2D eigenvalue weighted by molar-refractivity contribution is -0.220. The fraction of sp³-hybridized carbons (Fsp3) is 0.542. The number of Topliss-reactive ketones (excluding diaryl/α,β-unsaturated/α-hetero) is 1. The highest BCUT2D eigenvalue weighted by Gasteiger charge is 2.68. The number of hydrogen-bond acceptors (Lipinski definition) is 4. The summed E-state index contributed by atoms with van der Waals surface area (Å²) >= 11 is 0. The number of nitrogens with zero attached hydrogens (tertiary/aromatic N) is 1. The Morgan fingerprint density at radius 3 is 2.56 bits per heavy atom. The lowest BCUT2D eigenvalue weighted by Crippen LogP contribution is -2.75. The first-order chi connectivity index (χ1) is 15.0. The minimum atomic E-state index is -4.17. The van der Waals surface area contributed by atoms with E-state index in [4.69, 9.17) is 4.74 Å². The molecule has 170 valence electrons. The molecule has 8 heteroatoms. The highest BCUT2D eigenvalue weighted by Crippen LogP contribution is 2.69. The molecule has 5 nitrogen and oxygen atoms in total. The van der Waals surface area contributed by atoms with E-state index >= 15 is 0 Å². The highest BCUT2D eigenvalue weighted by atomic mass is 19.4. The molecule has 4 fully saturated rings. The van der Waals surface area contributed by atoms with E-state index in [0.29, 0.717) is 12.1 Å². The maximum absolute atomic E-state index is 12.7. The van der Waals surface area contributed by atoms with Crippen molar-refractivity contribution in [1.29, 1.82) is 0 Å². The number of carbonyl (C=O) groups is 2. The van der Waals surface area contributed by atoms with Crippen LogP contribution in [0.15, 0.2) is 30.3 Å². The highest BCUT2D eigenvalue weighted by molar-refractivity contribution is 5.95. The van der Waals surface area contributed by atoms with Crippen LogP contribution in [0.2, 0.25) is 0 Å². The average molecular weight is 446 g/mol. The van der Waals surface area contributed by atoms with Crippen molar-refractivity contribution in [2.75, 3.05) is 6.61 Å². The van der Waals surface area contributed by atoms with E-state index in [1.54, 1.807) is 6.07 Å². The summed E-state index contributed by atoms with van der Waals surface area (Å²) in [6.45, 7) is 1.88. The Morgan fingerprint density at radius 1 is 1.16 bits per heavy atom. The van der Waals surface area contributed by atoms with Crippen molar-refractivity contribution in [2.45, 2.75) is 63.3 Å². The van der Waals surface area contributed by atoms with Crippen LogP contribution in [-0.2, 0) is 9.53 Å². The van der Waals surface area contributed by atoms with Gasteiger partial charge in [-0.25, -0.2) is 4.98 Å². The molecule has 4 saturated carbocycles. The van der Waals surface area contributed by atoms with Gasteiger partial charge in [-0.05, 0) is 62.6 Å². The topological polar surface area (TPSA) is 68.3 Å². The lowest BCUT2D eigenvalue weighted by Gasteiger charge is -2.70. The second-order valence-corrected chi connectivity index (χ2v) is 10.0. The molecule has 0 aliphatic heterocycles. The van der Waals surface area contributed by atoms with Gasteiger partial charge in [0.2, 0.25) is 0 Å². The van der Waals surface area contributed by atoms with Crippen molar-refractivity contribution in [2.24, 2.45) is 11.3 Å². The Labute approximate surface area is 183 Å². The van der Waals surface area contributed by atoms with Gasteiger partial charge in [-0.2, -0.15) is 13.2 Å². The van der Waals surface area contributed by atoms with E-state index in [1.165, 1.54) is 0 Å². The van der Waals surface area contributed by atoms with Gasteiger partial charge in [-0.1, -0.05) is 17.7 Å². The molecular weight excluding hydrogens is 421 g/mol. The summed E-state index contributed by atoms with van der Waals surface area (Å²) in [5.74, 6) is -1.59. The lowest BCUT2D eigenvalue weighted by atomic mass is 9.38. The van der Waals surface area contributed by atoms with Crippen LogP contribution in [0.1, 0.15) is 54.6 Å². The van der Waals surface area contributed by atoms with Crippen molar-refractivity contribution in [3.05, 3.63) is 41.6 Å². The fourth-order valence-corrected chi connectivity index (χ4v) is 5.64. The van der Waals surface area contributed by atoms with Gasteiger partial charge in [0.1, 0.15) is 12.3 Å². The number of nitrogens with one attached hydrogen (secondary N) is 1. The minimum absolute atomic E-state index is 0.0561. The summed E-state index contributed by atoms with van der Waals surface area (Å²) in [4.78, 5) is 29.4. The molecule has 4 aliphatic rings. The molecular formula is C24H25F3N2O3. The van der Waals surface area contributed by atoms with Crippen molar-refractivity contribution in [3.63, 3.8) is 0 Å². The predicted molar refractivity (Wildman–Crippen MR) is 111 cm³/mol. The van der Waals surface area contributed by atoms with Crippen LogP contribution in [0.3, 0.4) is 0 Å². The standard InChI is InChI=1S/C24H25F3N2O3/c1-14-2-4-19-15(6-14)3-5-20(28-19)21(31)29-23-11-22(12-23,13-23)9-17(30)10-32-18-7-16(8-18)24(25,26)27/h2-6,16,18H,7-13H2,1H3,(H,29,31). The van der Waals surface area contributed by atoms with Crippen LogP contribution in [0.4, 0.5) is 13.2 Å². The van der Waals surface area contributed by atoms with Crippen LogP contribution < -0.4 is 5.32 Å². The van der Waals surface area contributed by atoms with Gasteiger partial charge in [-0.3, -0.25) is 9.59 Å². The average Bonchev–Trinajstić information content (AvgIpc) is 2.62. The van der Waals surface area contributed by atoms with E-state index < -0.39 is 18.2 Å². The molecule has 32 heavy (non-hydrogen) atoms. The number of pyridine rings is 1. The van der Waals surface area contributed by atoms with Gasteiger partial charge < -0.3 is 10.1 Å². The zero-order chi connectivity index (χ0) is 22.7. The predicted octanol–water partition coefficient (Wildman–Crippen LogP) is 4.51. The fourth-order valence-electron chi connectivity index (χ4n) is 5.64. The number of ether oxygens (including phenoxy) is 1. The largest absolute Gasteiger partial charge is 0.392 e. The molecule has 1 aromatic heterocycles. The Bertz CT molecular complexity index is 1070. The summed E-state index contributed by atoms with van der Waals surface area (Å²) < 4.78 is 42.9. The van der Waals surface area contributed by atoms with E-state index in [-0.39, 0.29) is 42.1 Å². The van der Waals surface area contributed by atoms with Crippen LogP contribution in [0, 0.1) is 18.3 Å². The molecule has 1 heterocycles. The van der Waals surface area contributed by atoms with E-state index in [0.717, 1.165) is 35.7 Å². The Kier molecular flexibility index (Phi) is 4.85. The third-order valence-electron chi connectivity index (χ3n) is 7.21. The summed E-state index contributed by atoms with van der Waals surface area (Å²) in [6.07, 6.45) is -2.18. The Balaban J connectivity index is 1.07. The quantitative estimate of drug-likeness (QED) is 0.680. The number of hydrogen-bond donors (Lipinski definition) is 1. The third-order valence-corrected chi connectivity index (χ3v) is 7.21.